The van der Waals surface area contributed by atoms with Crippen LogP contribution in [0.5, 0.6) is 5.75 Å². The molecule has 0 fully saturated rings. The summed E-state index contributed by atoms with van der Waals surface area (Å²) in [5.41, 5.74) is 6.90. The highest BCUT2D eigenvalue weighted by atomic mass is 16.5. The number of hydrogen-bond acceptors (Lipinski definition) is 2. The fraction of sp³-hybridized carbons (Fsp3) is 0.152. The predicted molar refractivity (Wildman–Crippen MR) is 146 cm³/mol. The lowest BCUT2D eigenvalue weighted by Gasteiger charge is -2.37. The Labute approximate surface area is 208 Å². The van der Waals surface area contributed by atoms with Crippen LogP contribution < -0.4 is 9.64 Å². The summed E-state index contributed by atoms with van der Waals surface area (Å²) in [7, 11) is 2.05. The van der Waals surface area contributed by atoms with E-state index in [4.69, 9.17) is 11.3 Å². The van der Waals surface area contributed by atoms with Crippen LogP contribution in [-0.4, -0.2) is 7.05 Å². The molecule has 0 aliphatic carbocycles. The molecule has 2 heteroatoms. The molecule has 0 N–H and O–H groups in total. The highest BCUT2D eigenvalue weighted by Crippen LogP contribution is 2.43. The van der Waals surface area contributed by atoms with Crippen molar-refractivity contribution in [2.45, 2.75) is 25.2 Å². The highest BCUT2D eigenvalue weighted by molar-refractivity contribution is 5.66. The van der Waals surface area contributed by atoms with Gasteiger partial charge in [-0.05, 0) is 59.7 Å². The van der Waals surface area contributed by atoms with E-state index < -0.39 is 0 Å². The largest absolute Gasteiger partial charge is 0.439 e. The molecule has 0 amide bonds. The molecule has 0 unspecified atom stereocenters. The van der Waals surface area contributed by atoms with Gasteiger partial charge in [0.05, 0.1) is 5.69 Å². The number of benzene rings is 4. The van der Waals surface area contributed by atoms with E-state index in [1.54, 1.807) is 0 Å². The summed E-state index contributed by atoms with van der Waals surface area (Å²) in [6.07, 6.45) is 3.82. The van der Waals surface area contributed by atoms with Crippen LogP contribution in [0.3, 0.4) is 0 Å². The maximum atomic E-state index is 6.28. The van der Waals surface area contributed by atoms with Gasteiger partial charge in [0.1, 0.15) is 0 Å². The predicted octanol–water partition coefficient (Wildman–Crippen LogP) is 7.64. The summed E-state index contributed by atoms with van der Waals surface area (Å²) < 4.78 is 6.28. The van der Waals surface area contributed by atoms with Crippen LogP contribution in [0.2, 0.25) is 0 Å². The van der Waals surface area contributed by atoms with E-state index in [0.29, 0.717) is 0 Å². The second kappa shape index (κ2) is 9.68. The molecule has 0 atom stereocenters. The molecular formula is C33H31NO. The quantitative estimate of drug-likeness (QED) is 0.283. The molecule has 0 saturated heterocycles. The lowest BCUT2D eigenvalue weighted by atomic mass is 9.65. The third kappa shape index (κ3) is 4.52. The molecule has 4 aromatic rings. The Morgan fingerprint density at radius 1 is 0.771 bits per heavy atom. The number of para-hydroxylation sites is 2. The Hall–Kier alpha value is -4.04. The third-order valence-electron chi connectivity index (χ3n) is 7.04. The molecular weight excluding hydrogens is 426 g/mol. The molecule has 0 radical (unpaired) electrons. The number of fused-ring (bicyclic) bond motifs is 1. The second-order valence-corrected chi connectivity index (χ2v) is 9.36. The first kappa shape index (κ1) is 22.7. The molecule has 2 nitrogen and oxygen atoms in total. The maximum Gasteiger partial charge on any atom is 0.200 e. The Morgan fingerprint density at radius 3 is 1.91 bits per heavy atom. The lowest BCUT2D eigenvalue weighted by molar-refractivity contribution is 0.437. The summed E-state index contributed by atoms with van der Waals surface area (Å²) in [4.78, 5) is 2.11. The van der Waals surface area contributed by atoms with Gasteiger partial charge in [0, 0.05) is 18.5 Å². The average molecular weight is 458 g/mol. The minimum absolute atomic E-state index is 0.347. The van der Waals surface area contributed by atoms with Crippen LogP contribution in [0.4, 0.5) is 5.69 Å². The van der Waals surface area contributed by atoms with Gasteiger partial charge in [0.2, 0.25) is 5.88 Å². The van der Waals surface area contributed by atoms with Crippen LogP contribution >= 0.6 is 0 Å². The summed E-state index contributed by atoms with van der Waals surface area (Å²) in [6.45, 7) is 6.92. The number of rotatable bonds is 7. The topological polar surface area (TPSA) is 12.5 Å². The Bertz CT molecular complexity index is 1310. The normalized spacial score (nSPS) is 14.0. The van der Waals surface area contributed by atoms with Crippen molar-refractivity contribution in [3.8, 4) is 5.75 Å². The van der Waals surface area contributed by atoms with Gasteiger partial charge in [-0.15, -0.1) is 0 Å². The highest BCUT2D eigenvalue weighted by Gasteiger charge is 2.37. The van der Waals surface area contributed by atoms with Crippen molar-refractivity contribution in [2.24, 2.45) is 0 Å². The van der Waals surface area contributed by atoms with Gasteiger partial charge in [0.15, 0.2) is 5.75 Å². The first-order valence-electron chi connectivity index (χ1n) is 12.1. The van der Waals surface area contributed by atoms with Crippen molar-refractivity contribution in [3.63, 3.8) is 0 Å². The van der Waals surface area contributed by atoms with E-state index in [2.05, 4.69) is 116 Å². The molecule has 0 aromatic heterocycles. The average Bonchev–Trinajstić information content (AvgIpc) is 3.20. The van der Waals surface area contributed by atoms with E-state index in [9.17, 15) is 0 Å². The van der Waals surface area contributed by atoms with Gasteiger partial charge in [-0.25, -0.2) is 0 Å². The minimum Gasteiger partial charge on any atom is -0.439 e. The zero-order chi connectivity index (χ0) is 24.3. The third-order valence-corrected chi connectivity index (χ3v) is 7.04. The zero-order valence-corrected chi connectivity index (χ0v) is 20.4. The van der Waals surface area contributed by atoms with E-state index in [1.165, 1.54) is 22.3 Å². The Balaban J connectivity index is 1.66. The van der Waals surface area contributed by atoms with Gasteiger partial charge in [-0.1, -0.05) is 104 Å². The smallest absolute Gasteiger partial charge is 0.200 e. The lowest BCUT2D eigenvalue weighted by Crippen LogP contribution is -2.35. The Morgan fingerprint density at radius 2 is 1.31 bits per heavy atom. The van der Waals surface area contributed by atoms with Gasteiger partial charge in [-0.3, -0.25) is 0 Å². The first-order chi connectivity index (χ1) is 17.1. The standard InChI is InChI=1S/C33H31NO/c1-25-14-10-11-19-29(25)33(23-27-15-6-4-7-16-27,24-28-17-8-5-9-18-28)26(2)22-32-34(3)30-20-12-13-21-31(30)35-32/h4-22H,2,23-24H2,1,3H3/b32-22-. The zero-order valence-electron chi connectivity index (χ0n) is 20.4. The SMILES string of the molecule is C=C(/C=C1\Oc2ccccc2N1C)C(Cc1ccccc1)(Cc1ccccc1)c1ccccc1C. The molecule has 1 aliphatic heterocycles. The molecule has 0 bridgehead atoms. The van der Waals surface area contributed by atoms with Crippen molar-refractivity contribution in [3.05, 3.63) is 156 Å². The van der Waals surface area contributed by atoms with Crippen molar-refractivity contribution >= 4 is 5.69 Å². The molecule has 1 aliphatic rings. The molecule has 0 spiro atoms. The Kier molecular flexibility index (Phi) is 6.29. The van der Waals surface area contributed by atoms with Crippen molar-refractivity contribution in [1.82, 2.24) is 0 Å². The summed E-state index contributed by atoms with van der Waals surface area (Å²) in [6, 6.07) is 38.3. The number of ether oxygens (including phenoxy) is 1. The van der Waals surface area contributed by atoms with Crippen LogP contribution in [-0.2, 0) is 18.3 Å². The number of anilines is 1. The summed E-state index contributed by atoms with van der Waals surface area (Å²) in [5.74, 6) is 1.68. The molecule has 4 aromatic carbocycles. The van der Waals surface area contributed by atoms with E-state index in [-0.39, 0.29) is 5.41 Å². The fourth-order valence-corrected chi connectivity index (χ4v) is 5.19. The van der Waals surface area contributed by atoms with Gasteiger partial charge in [0.25, 0.3) is 0 Å². The van der Waals surface area contributed by atoms with Crippen LogP contribution in [0, 0.1) is 6.92 Å². The number of nitrogens with zero attached hydrogens (tertiary/aromatic N) is 1. The van der Waals surface area contributed by atoms with Crippen LogP contribution in [0.15, 0.2) is 133 Å². The molecule has 1 heterocycles. The molecule has 5 rings (SSSR count). The van der Waals surface area contributed by atoms with E-state index in [1.807, 2.05) is 18.2 Å². The number of allylic oxidation sites excluding steroid dienone is 2. The molecule has 174 valence electrons. The van der Waals surface area contributed by atoms with Crippen molar-refractivity contribution in [2.75, 3.05) is 11.9 Å². The van der Waals surface area contributed by atoms with Crippen LogP contribution in [0.25, 0.3) is 0 Å². The minimum atomic E-state index is -0.347. The van der Waals surface area contributed by atoms with Gasteiger partial charge >= 0.3 is 0 Å². The summed E-state index contributed by atoms with van der Waals surface area (Å²) in [5, 5.41) is 0. The molecule has 35 heavy (non-hydrogen) atoms. The van der Waals surface area contributed by atoms with Crippen molar-refractivity contribution in [1.29, 1.82) is 0 Å². The van der Waals surface area contributed by atoms with E-state index in [0.717, 1.165) is 35.7 Å². The first-order valence-corrected chi connectivity index (χ1v) is 12.1. The number of hydrogen-bond donors (Lipinski definition) is 0. The maximum absolute atomic E-state index is 6.28. The number of aryl methyl sites for hydroxylation is 1. The van der Waals surface area contributed by atoms with Gasteiger partial charge in [-0.2, -0.15) is 0 Å². The van der Waals surface area contributed by atoms with Crippen molar-refractivity contribution < 1.29 is 4.74 Å². The second-order valence-electron chi connectivity index (χ2n) is 9.36. The van der Waals surface area contributed by atoms with E-state index >= 15 is 0 Å². The fourth-order valence-electron chi connectivity index (χ4n) is 5.19. The monoisotopic (exact) mass is 457 g/mol. The summed E-state index contributed by atoms with van der Waals surface area (Å²) >= 11 is 0. The van der Waals surface area contributed by atoms with Crippen LogP contribution in [0.1, 0.15) is 22.3 Å². The molecule has 0 saturated carbocycles. The van der Waals surface area contributed by atoms with Gasteiger partial charge < -0.3 is 9.64 Å².